The highest BCUT2D eigenvalue weighted by atomic mass is 16.6. The molecule has 8 heteroatoms. The normalized spacial score (nSPS) is 13.6. The molecule has 0 spiro atoms. The highest BCUT2D eigenvalue weighted by Gasteiger charge is 2.22. The van der Waals surface area contributed by atoms with E-state index in [9.17, 15) is 19.7 Å². The van der Waals surface area contributed by atoms with E-state index in [0.29, 0.717) is 16.8 Å². The summed E-state index contributed by atoms with van der Waals surface area (Å²) in [5.41, 5.74) is 2.33. The van der Waals surface area contributed by atoms with E-state index in [4.69, 9.17) is 0 Å². The summed E-state index contributed by atoms with van der Waals surface area (Å²) in [6, 6.07) is 9.55. The Bertz CT molecular complexity index is 981. The van der Waals surface area contributed by atoms with Crippen molar-refractivity contribution in [2.75, 3.05) is 37.4 Å². The number of piperidine rings is 1. The molecule has 1 heterocycles. The summed E-state index contributed by atoms with van der Waals surface area (Å²) in [4.78, 5) is 40.1. The number of carbonyl (C=O) groups excluding carboxylic acids is 2. The molecule has 0 atom stereocenters. The number of carbonyl (C=O) groups is 2. The van der Waals surface area contributed by atoms with Crippen molar-refractivity contribution in [1.29, 1.82) is 0 Å². The summed E-state index contributed by atoms with van der Waals surface area (Å²) >= 11 is 0. The van der Waals surface area contributed by atoms with Gasteiger partial charge < -0.3 is 15.1 Å². The smallest absolute Gasteiger partial charge is 0.273 e. The average Bonchev–Trinajstić information content (AvgIpc) is 2.73. The quantitative estimate of drug-likeness (QED) is 0.597. The van der Waals surface area contributed by atoms with Gasteiger partial charge in [-0.15, -0.1) is 0 Å². The Labute approximate surface area is 175 Å². The predicted molar refractivity (Wildman–Crippen MR) is 116 cm³/mol. The van der Waals surface area contributed by atoms with Gasteiger partial charge in [0.1, 0.15) is 0 Å². The van der Waals surface area contributed by atoms with Gasteiger partial charge in [0, 0.05) is 55.8 Å². The van der Waals surface area contributed by atoms with Gasteiger partial charge in [-0.05, 0) is 50.5 Å². The first-order valence-electron chi connectivity index (χ1n) is 9.95. The van der Waals surface area contributed by atoms with E-state index >= 15 is 0 Å². The third-order valence-electron chi connectivity index (χ3n) is 5.28. The molecule has 8 nitrogen and oxygen atoms in total. The first-order chi connectivity index (χ1) is 14.3. The minimum atomic E-state index is -0.507. The molecule has 0 aromatic heterocycles. The zero-order valence-electron chi connectivity index (χ0n) is 17.5. The van der Waals surface area contributed by atoms with Crippen molar-refractivity contribution in [3.8, 4) is 0 Å². The summed E-state index contributed by atoms with van der Waals surface area (Å²) in [6.45, 7) is 3.09. The maximum atomic E-state index is 13.1. The fourth-order valence-corrected chi connectivity index (χ4v) is 3.59. The average molecular weight is 410 g/mol. The van der Waals surface area contributed by atoms with Gasteiger partial charge >= 0.3 is 0 Å². The molecule has 1 fully saturated rings. The second-order valence-corrected chi connectivity index (χ2v) is 7.69. The summed E-state index contributed by atoms with van der Waals surface area (Å²) in [7, 11) is 3.73. The third-order valence-corrected chi connectivity index (χ3v) is 5.28. The van der Waals surface area contributed by atoms with Crippen LogP contribution in [0.2, 0.25) is 0 Å². The van der Waals surface area contributed by atoms with Crippen LogP contribution in [0.25, 0.3) is 0 Å². The fourth-order valence-electron chi connectivity index (χ4n) is 3.59. The lowest BCUT2D eigenvalue weighted by atomic mass is 10.1. The van der Waals surface area contributed by atoms with Crippen LogP contribution in [0.15, 0.2) is 36.4 Å². The summed E-state index contributed by atoms with van der Waals surface area (Å²) in [6.07, 6.45) is 3.11. The van der Waals surface area contributed by atoms with Crippen LogP contribution in [0.5, 0.6) is 0 Å². The summed E-state index contributed by atoms with van der Waals surface area (Å²) in [5, 5.41) is 13.9. The van der Waals surface area contributed by atoms with Gasteiger partial charge in [-0.1, -0.05) is 6.07 Å². The van der Waals surface area contributed by atoms with Gasteiger partial charge in [0.05, 0.1) is 10.5 Å². The van der Waals surface area contributed by atoms with Gasteiger partial charge in [0.25, 0.3) is 17.5 Å². The molecule has 0 saturated carbocycles. The van der Waals surface area contributed by atoms with Crippen LogP contribution in [0.1, 0.15) is 45.5 Å². The number of aryl methyl sites for hydroxylation is 1. The van der Waals surface area contributed by atoms with Gasteiger partial charge in [0.2, 0.25) is 0 Å². The zero-order valence-corrected chi connectivity index (χ0v) is 17.5. The molecule has 0 bridgehead atoms. The standard InChI is InChI=1S/C22H26N4O4/c1-15-7-8-16(13-20(15)26(29)30)21(27)23-17-9-10-19(24(2)3)18(14-17)22(28)25-11-5-4-6-12-25/h7-10,13-14H,4-6,11-12H2,1-3H3,(H,23,27). The Kier molecular flexibility index (Phi) is 6.34. The van der Waals surface area contributed by atoms with E-state index in [1.54, 1.807) is 37.3 Å². The Morgan fingerprint density at radius 2 is 1.77 bits per heavy atom. The molecule has 3 rings (SSSR count). The van der Waals surface area contributed by atoms with E-state index in [1.807, 2.05) is 23.9 Å². The lowest BCUT2D eigenvalue weighted by molar-refractivity contribution is -0.385. The molecule has 158 valence electrons. The van der Waals surface area contributed by atoms with Crippen molar-refractivity contribution in [2.24, 2.45) is 0 Å². The minimum absolute atomic E-state index is 0.0551. The number of nitrogens with zero attached hydrogens (tertiary/aromatic N) is 3. The molecular formula is C22H26N4O4. The van der Waals surface area contributed by atoms with E-state index in [1.165, 1.54) is 6.07 Å². The molecule has 0 aliphatic carbocycles. The Morgan fingerprint density at radius 1 is 1.07 bits per heavy atom. The van der Waals surface area contributed by atoms with Gasteiger partial charge in [-0.25, -0.2) is 0 Å². The number of anilines is 2. The number of nitro groups is 1. The molecule has 1 aliphatic rings. The van der Waals surface area contributed by atoms with Gasteiger partial charge in [-0.3, -0.25) is 19.7 Å². The maximum absolute atomic E-state index is 13.1. The molecule has 1 aliphatic heterocycles. The van der Waals surface area contributed by atoms with Crippen LogP contribution < -0.4 is 10.2 Å². The monoisotopic (exact) mass is 410 g/mol. The largest absolute Gasteiger partial charge is 0.377 e. The second kappa shape index (κ2) is 8.94. The molecule has 0 unspecified atom stereocenters. The predicted octanol–water partition coefficient (Wildman–Crippen LogP) is 3.85. The van der Waals surface area contributed by atoms with Crippen molar-refractivity contribution in [1.82, 2.24) is 4.90 Å². The number of benzene rings is 2. The summed E-state index contributed by atoms with van der Waals surface area (Å²) in [5.74, 6) is -0.521. The van der Waals surface area contributed by atoms with Crippen molar-refractivity contribution < 1.29 is 14.5 Å². The zero-order chi connectivity index (χ0) is 21.8. The van der Waals surface area contributed by atoms with Crippen LogP contribution in [0, 0.1) is 17.0 Å². The van der Waals surface area contributed by atoms with Crippen LogP contribution in [-0.4, -0.2) is 48.8 Å². The van der Waals surface area contributed by atoms with E-state index < -0.39 is 10.8 Å². The van der Waals surface area contributed by atoms with Crippen LogP contribution >= 0.6 is 0 Å². The summed E-state index contributed by atoms with van der Waals surface area (Å²) < 4.78 is 0. The van der Waals surface area contributed by atoms with Crippen LogP contribution in [0.3, 0.4) is 0 Å². The van der Waals surface area contributed by atoms with Crippen molar-refractivity contribution in [2.45, 2.75) is 26.2 Å². The van der Waals surface area contributed by atoms with Crippen LogP contribution in [0.4, 0.5) is 17.1 Å². The number of nitrogens with one attached hydrogen (secondary N) is 1. The van der Waals surface area contributed by atoms with Gasteiger partial charge in [0.15, 0.2) is 0 Å². The highest BCUT2D eigenvalue weighted by molar-refractivity contribution is 6.06. The number of likely N-dealkylation sites (tertiary alicyclic amines) is 1. The van der Waals surface area contributed by atoms with E-state index in [0.717, 1.165) is 38.0 Å². The number of hydrogen-bond acceptors (Lipinski definition) is 5. The first kappa shape index (κ1) is 21.3. The molecule has 2 aromatic carbocycles. The number of nitro benzene ring substituents is 1. The number of rotatable bonds is 5. The lowest BCUT2D eigenvalue weighted by Crippen LogP contribution is -2.36. The third kappa shape index (κ3) is 4.59. The Hall–Kier alpha value is -3.42. The molecule has 2 aromatic rings. The number of hydrogen-bond donors (Lipinski definition) is 1. The second-order valence-electron chi connectivity index (χ2n) is 7.69. The lowest BCUT2D eigenvalue weighted by Gasteiger charge is -2.28. The topological polar surface area (TPSA) is 95.8 Å². The molecule has 1 N–H and O–H groups in total. The molecule has 0 radical (unpaired) electrons. The highest BCUT2D eigenvalue weighted by Crippen LogP contribution is 2.26. The fraction of sp³-hybridized carbons (Fsp3) is 0.364. The minimum Gasteiger partial charge on any atom is -0.377 e. The van der Waals surface area contributed by atoms with Crippen molar-refractivity contribution >= 4 is 28.9 Å². The SMILES string of the molecule is Cc1ccc(C(=O)Nc2ccc(N(C)C)c(C(=O)N3CCCCC3)c2)cc1[N+](=O)[O-]. The Balaban J connectivity index is 1.88. The molecule has 2 amide bonds. The Morgan fingerprint density at radius 3 is 2.40 bits per heavy atom. The van der Waals surface area contributed by atoms with E-state index in [2.05, 4.69) is 5.32 Å². The molecule has 1 saturated heterocycles. The number of amides is 2. The molecule has 30 heavy (non-hydrogen) atoms. The van der Waals surface area contributed by atoms with Crippen molar-refractivity contribution in [3.05, 3.63) is 63.2 Å². The first-order valence-corrected chi connectivity index (χ1v) is 9.95. The van der Waals surface area contributed by atoms with Crippen molar-refractivity contribution in [3.63, 3.8) is 0 Å². The maximum Gasteiger partial charge on any atom is 0.273 e. The van der Waals surface area contributed by atoms with E-state index in [-0.39, 0.29) is 17.2 Å². The van der Waals surface area contributed by atoms with Gasteiger partial charge in [-0.2, -0.15) is 0 Å². The van der Waals surface area contributed by atoms with Crippen LogP contribution in [-0.2, 0) is 0 Å². The molecular weight excluding hydrogens is 384 g/mol.